The average Bonchev–Trinajstić information content (AvgIpc) is 2.82. The standard InChI is InChI=1S/C10H10ClN3O2S/c11-10-4-2-1-3-8(10)5-14-17(15,16)9-6-12-13-7-9/h1-4,6-7,14H,5H2,(H,12,13). The Morgan fingerprint density at radius 3 is 2.76 bits per heavy atom. The number of aromatic amines is 1. The SMILES string of the molecule is O=S(=O)(NCc1ccccc1Cl)c1cn[nH]c1. The van der Waals surface area contributed by atoms with Crippen LogP contribution in [0, 0.1) is 0 Å². The summed E-state index contributed by atoms with van der Waals surface area (Å²) in [5, 5.41) is 6.57. The van der Waals surface area contributed by atoms with Gasteiger partial charge < -0.3 is 0 Å². The lowest BCUT2D eigenvalue weighted by Gasteiger charge is -2.06. The molecule has 0 unspecified atom stereocenters. The maximum absolute atomic E-state index is 11.8. The zero-order valence-electron chi connectivity index (χ0n) is 8.72. The molecule has 0 atom stereocenters. The van der Waals surface area contributed by atoms with Gasteiger partial charge in [0.15, 0.2) is 0 Å². The van der Waals surface area contributed by atoms with Crippen LogP contribution in [0.5, 0.6) is 0 Å². The highest BCUT2D eigenvalue weighted by molar-refractivity contribution is 7.89. The van der Waals surface area contributed by atoms with E-state index >= 15 is 0 Å². The lowest BCUT2D eigenvalue weighted by atomic mass is 10.2. The highest BCUT2D eigenvalue weighted by Crippen LogP contribution is 2.15. The van der Waals surface area contributed by atoms with Crippen LogP contribution in [0.25, 0.3) is 0 Å². The topological polar surface area (TPSA) is 74.8 Å². The summed E-state index contributed by atoms with van der Waals surface area (Å²) in [5.74, 6) is 0. The van der Waals surface area contributed by atoms with Gasteiger partial charge in [-0.3, -0.25) is 5.10 Å². The molecule has 1 aromatic heterocycles. The number of sulfonamides is 1. The molecule has 7 heteroatoms. The van der Waals surface area contributed by atoms with E-state index in [2.05, 4.69) is 14.9 Å². The predicted molar refractivity (Wildman–Crippen MR) is 64.1 cm³/mol. The minimum Gasteiger partial charge on any atom is -0.284 e. The molecule has 0 saturated carbocycles. The van der Waals surface area contributed by atoms with E-state index in [-0.39, 0.29) is 11.4 Å². The van der Waals surface area contributed by atoms with Crippen molar-refractivity contribution in [1.82, 2.24) is 14.9 Å². The first-order valence-electron chi connectivity index (χ1n) is 4.81. The zero-order valence-corrected chi connectivity index (χ0v) is 10.3. The lowest BCUT2D eigenvalue weighted by Crippen LogP contribution is -2.22. The van der Waals surface area contributed by atoms with E-state index in [0.717, 1.165) is 5.56 Å². The predicted octanol–water partition coefficient (Wildman–Crippen LogP) is 1.54. The number of nitrogens with one attached hydrogen (secondary N) is 2. The molecule has 0 aliphatic carbocycles. The van der Waals surface area contributed by atoms with Crippen molar-refractivity contribution in [2.24, 2.45) is 0 Å². The van der Waals surface area contributed by atoms with E-state index in [1.165, 1.54) is 12.4 Å². The summed E-state index contributed by atoms with van der Waals surface area (Å²) in [6.45, 7) is 0.146. The Kier molecular flexibility index (Phi) is 3.46. The summed E-state index contributed by atoms with van der Waals surface area (Å²) < 4.78 is 26.0. The number of halogens is 1. The number of nitrogens with zero attached hydrogens (tertiary/aromatic N) is 1. The monoisotopic (exact) mass is 271 g/mol. The van der Waals surface area contributed by atoms with Crippen molar-refractivity contribution in [3.8, 4) is 0 Å². The van der Waals surface area contributed by atoms with Crippen molar-refractivity contribution in [1.29, 1.82) is 0 Å². The molecule has 0 amide bonds. The fraction of sp³-hybridized carbons (Fsp3) is 0.100. The third kappa shape index (κ3) is 2.85. The van der Waals surface area contributed by atoms with Crippen LogP contribution in [-0.2, 0) is 16.6 Å². The summed E-state index contributed by atoms with van der Waals surface area (Å²) in [5.41, 5.74) is 0.723. The first kappa shape index (κ1) is 12.1. The Morgan fingerprint density at radius 2 is 2.12 bits per heavy atom. The molecule has 0 saturated heterocycles. The van der Waals surface area contributed by atoms with E-state index in [1.54, 1.807) is 24.3 Å². The van der Waals surface area contributed by atoms with Crippen LogP contribution in [0.3, 0.4) is 0 Å². The van der Waals surface area contributed by atoms with Gasteiger partial charge in [-0.25, -0.2) is 13.1 Å². The maximum atomic E-state index is 11.8. The molecule has 0 fully saturated rings. The summed E-state index contributed by atoms with van der Waals surface area (Å²) >= 11 is 5.92. The van der Waals surface area contributed by atoms with Crippen LogP contribution in [0.15, 0.2) is 41.6 Å². The molecule has 2 aromatic rings. The maximum Gasteiger partial charge on any atom is 0.243 e. The summed E-state index contributed by atoms with van der Waals surface area (Å²) in [6, 6.07) is 7.06. The molecule has 2 N–H and O–H groups in total. The van der Waals surface area contributed by atoms with Crippen molar-refractivity contribution in [2.75, 3.05) is 0 Å². The Labute approximate surface area is 104 Å². The molecule has 2 rings (SSSR count). The molecule has 1 aromatic carbocycles. The molecule has 0 aliphatic heterocycles. The summed E-state index contributed by atoms with van der Waals surface area (Å²) in [7, 11) is -3.53. The van der Waals surface area contributed by atoms with Crippen LogP contribution < -0.4 is 4.72 Å². The normalized spacial score (nSPS) is 11.6. The Bertz CT molecular complexity index is 596. The lowest BCUT2D eigenvalue weighted by molar-refractivity contribution is 0.581. The molecule has 0 aliphatic rings. The molecule has 17 heavy (non-hydrogen) atoms. The highest BCUT2D eigenvalue weighted by Gasteiger charge is 2.14. The van der Waals surface area contributed by atoms with E-state index in [9.17, 15) is 8.42 Å². The molecule has 1 heterocycles. The van der Waals surface area contributed by atoms with E-state index < -0.39 is 10.0 Å². The molecule has 0 radical (unpaired) electrons. The summed E-state index contributed by atoms with van der Waals surface area (Å²) in [6.07, 6.45) is 2.56. The molecule has 90 valence electrons. The van der Waals surface area contributed by atoms with Crippen molar-refractivity contribution >= 4 is 21.6 Å². The van der Waals surface area contributed by atoms with Crippen molar-refractivity contribution in [3.05, 3.63) is 47.2 Å². The third-order valence-corrected chi connectivity index (χ3v) is 3.93. The van der Waals surface area contributed by atoms with Gasteiger partial charge in [-0.15, -0.1) is 0 Å². The second-order valence-corrected chi connectivity index (χ2v) is 5.52. The van der Waals surface area contributed by atoms with Crippen molar-refractivity contribution in [2.45, 2.75) is 11.4 Å². The highest BCUT2D eigenvalue weighted by atomic mass is 35.5. The van der Waals surface area contributed by atoms with Gasteiger partial charge in [0, 0.05) is 17.8 Å². The first-order valence-corrected chi connectivity index (χ1v) is 6.67. The van der Waals surface area contributed by atoms with Gasteiger partial charge in [0.1, 0.15) is 4.90 Å². The molecule has 0 spiro atoms. The number of rotatable bonds is 4. The Balaban J connectivity index is 2.12. The molecule has 5 nitrogen and oxygen atoms in total. The van der Waals surface area contributed by atoms with Crippen LogP contribution in [0.4, 0.5) is 0 Å². The van der Waals surface area contributed by atoms with Gasteiger partial charge in [-0.2, -0.15) is 5.10 Å². The minimum absolute atomic E-state index is 0.101. The van der Waals surface area contributed by atoms with Crippen LogP contribution >= 0.6 is 11.6 Å². The molecule has 0 bridgehead atoms. The average molecular weight is 272 g/mol. The van der Waals surface area contributed by atoms with E-state index in [4.69, 9.17) is 11.6 Å². The minimum atomic E-state index is -3.53. The fourth-order valence-electron chi connectivity index (χ4n) is 1.28. The second-order valence-electron chi connectivity index (χ2n) is 3.35. The number of aromatic nitrogens is 2. The van der Waals surface area contributed by atoms with Gasteiger partial charge in [-0.05, 0) is 11.6 Å². The van der Waals surface area contributed by atoms with Crippen LogP contribution in [0.2, 0.25) is 5.02 Å². The van der Waals surface area contributed by atoms with Crippen LogP contribution in [0.1, 0.15) is 5.56 Å². The van der Waals surface area contributed by atoms with Gasteiger partial charge in [-0.1, -0.05) is 29.8 Å². The summed E-state index contributed by atoms with van der Waals surface area (Å²) in [4.78, 5) is 0.101. The number of hydrogen-bond donors (Lipinski definition) is 2. The fourth-order valence-corrected chi connectivity index (χ4v) is 2.40. The zero-order chi connectivity index (χ0) is 12.3. The molecular weight excluding hydrogens is 262 g/mol. The quantitative estimate of drug-likeness (QED) is 0.886. The van der Waals surface area contributed by atoms with Crippen molar-refractivity contribution in [3.63, 3.8) is 0 Å². The third-order valence-electron chi connectivity index (χ3n) is 2.19. The van der Waals surface area contributed by atoms with E-state index in [1.807, 2.05) is 0 Å². The second kappa shape index (κ2) is 4.87. The van der Waals surface area contributed by atoms with Crippen molar-refractivity contribution < 1.29 is 8.42 Å². The smallest absolute Gasteiger partial charge is 0.243 e. The Morgan fingerprint density at radius 1 is 1.35 bits per heavy atom. The van der Waals surface area contributed by atoms with Gasteiger partial charge in [0.25, 0.3) is 0 Å². The first-order chi connectivity index (χ1) is 8.09. The van der Waals surface area contributed by atoms with Gasteiger partial charge in [0.05, 0.1) is 6.20 Å². The number of H-pyrrole nitrogens is 1. The largest absolute Gasteiger partial charge is 0.284 e. The Hall–Kier alpha value is -1.37. The number of benzene rings is 1. The number of hydrogen-bond acceptors (Lipinski definition) is 3. The van der Waals surface area contributed by atoms with E-state index in [0.29, 0.717) is 5.02 Å². The molecular formula is C10H10ClN3O2S. The van der Waals surface area contributed by atoms with Gasteiger partial charge in [0.2, 0.25) is 10.0 Å². The van der Waals surface area contributed by atoms with Crippen LogP contribution in [-0.4, -0.2) is 18.6 Å². The van der Waals surface area contributed by atoms with Gasteiger partial charge >= 0.3 is 0 Å².